The first-order valence-corrected chi connectivity index (χ1v) is 5.03. The van der Waals surface area contributed by atoms with Gasteiger partial charge in [0, 0.05) is 19.3 Å². The van der Waals surface area contributed by atoms with Crippen molar-refractivity contribution in [2.75, 3.05) is 18.0 Å². The van der Waals surface area contributed by atoms with E-state index in [-0.39, 0.29) is 5.92 Å². The Labute approximate surface area is 87.7 Å². The lowest BCUT2D eigenvalue weighted by atomic mass is 9.97. The van der Waals surface area contributed by atoms with Crippen molar-refractivity contribution in [3.63, 3.8) is 0 Å². The summed E-state index contributed by atoms with van der Waals surface area (Å²) in [5.41, 5.74) is 0. The fraction of sp³-hybridized carbons (Fsp3) is 0.500. The Morgan fingerprint density at radius 3 is 2.73 bits per heavy atom. The molecule has 0 atom stereocenters. The monoisotopic (exact) mass is 207 g/mol. The highest BCUT2D eigenvalue weighted by atomic mass is 16.4. The maximum atomic E-state index is 10.8. The lowest BCUT2D eigenvalue weighted by molar-refractivity contribution is -0.142. The van der Waals surface area contributed by atoms with Gasteiger partial charge in [-0.2, -0.15) is 5.10 Å². The molecular formula is C10H13N3O2. The second-order valence-electron chi connectivity index (χ2n) is 3.68. The Morgan fingerprint density at radius 2 is 2.20 bits per heavy atom. The van der Waals surface area contributed by atoms with Gasteiger partial charge in [-0.05, 0) is 25.0 Å². The fourth-order valence-corrected chi connectivity index (χ4v) is 1.82. The molecule has 1 N–H and O–H groups in total. The molecule has 5 nitrogen and oxygen atoms in total. The maximum absolute atomic E-state index is 10.8. The summed E-state index contributed by atoms with van der Waals surface area (Å²) in [5, 5.41) is 16.7. The highest BCUT2D eigenvalue weighted by Crippen LogP contribution is 2.20. The van der Waals surface area contributed by atoms with E-state index in [1.165, 1.54) is 0 Å². The molecule has 0 bridgehead atoms. The van der Waals surface area contributed by atoms with E-state index < -0.39 is 5.97 Å². The topological polar surface area (TPSA) is 66.3 Å². The largest absolute Gasteiger partial charge is 0.481 e. The number of carbonyl (C=O) groups is 1. The van der Waals surface area contributed by atoms with Crippen LogP contribution in [-0.2, 0) is 4.79 Å². The van der Waals surface area contributed by atoms with Crippen molar-refractivity contribution in [2.24, 2.45) is 5.92 Å². The fourth-order valence-electron chi connectivity index (χ4n) is 1.82. The number of aromatic nitrogens is 2. The van der Waals surface area contributed by atoms with Gasteiger partial charge in [0.25, 0.3) is 0 Å². The van der Waals surface area contributed by atoms with Crippen LogP contribution >= 0.6 is 0 Å². The smallest absolute Gasteiger partial charge is 0.306 e. The second-order valence-corrected chi connectivity index (χ2v) is 3.68. The molecule has 1 saturated heterocycles. The summed E-state index contributed by atoms with van der Waals surface area (Å²) >= 11 is 0. The molecular weight excluding hydrogens is 194 g/mol. The molecule has 1 aromatic rings. The van der Waals surface area contributed by atoms with Gasteiger partial charge < -0.3 is 10.0 Å². The maximum Gasteiger partial charge on any atom is 0.306 e. The van der Waals surface area contributed by atoms with Crippen molar-refractivity contribution in [3.8, 4) is 0 Å². The van der Waals surface area contributed by atoms with Gasteiger partial charge in [0.15, 0.2) is 5.82 Å². The van der Waals surface area contributed by atoms with Crippen LogP contribution in [0.1, 0.15) is 12.8 Å². The lowest BCUT2D eigenvalue weighted by Gasteiger charge is -2.30. The summed E-state index contributed by atoms with van der Waals surface area (Å²) in [6, 6.07) is 3.74. The first kappa shape index (κ1) is 9.89. The number of rotatable bonds is 2. The zero-order valence-corrected chi connectivity index (χ0v) is 8.33. The third kappa shape index (κ3) is 2.23. The predicted molar refractivity (Wildman–Crippen MR) is 54.6 cm³/mol. The Bertz CT molecular complexity index is 334. The molecule has 0 aromatic carbocycles. The summed E-state index contributed by atoms with van der Waals surface area (Å²) < 4.78 is 0. The van der Waals surface area contributed by atoms with Gasteiger partial charge in [0.05, 0.1) is 5.92 Å². The summed E-state index contributed by atoms with van der Waals surface area (Å²) in [6.45, 7) is 1.49. The number of hydrogen-bond donors (Lipinski definition) is 1. The summed E-state index contributed by atoms with van der Waals surface area (Å²) in [7, 11) is 0. The minimum absolute atomic E-state index is 0.196. The van der Waals surface area contributed by atoms with E-state index >= 15 is 0 Å². The van der Waals surface area contributed by atoms with Crippen LogP contribution in [0.15, 0.2) is 18.3 Å². The third-order valence-corrected chi connectivity index (χ3v) is 2.73. The van der Waals surface area contributed by atoms with Crippen LogP contribution in [0.3, 0.4) is 0 Å². The molecule has 0 aliphatic carbocycles. The van der Waals surface area contributed by atoms with E-state index in [0.717, 1.165) is 18.9 Å². The first-order chi connectivity index (χ1) is 7.27. The zero-order valence-electron chi connectivity index (χ0n) is 8.33. The summed E-state index contributed by atoms with van der Waals surface area (Å²) in [4.78, 5) is 12.8. The van der Waals surface area contributed by atoms with Crippen molar-refractivity contribution < 1.29 is 9.90 Å². The van der Waals surface area contributed by atoms with E-state index in [9.17, 15) is 4.79 Å². The van der Waals surface area contributed by atoms with Crippen LogP contribution < -0.4 is 4.90 Å². The van der Waals surface area contributed by atoms with Crippen molar-refractivity contribution in [1.29, 1.82) is 0 Å². The Morgan fingerprint density at radius 1 is 1.47 bits per heavy atom. The molecule has 5 heteroatoms. The number of nitrogens with zero attached hydrogens (tertiary/aromatic N) is 3. The molecule has 1 aliphatic heterocycles. The van der Waals surface area contributed by atoms with Crippen molar-refractivity contribution in [3.05, 3.63) is 18.3 Å². The molecule has 0 unspecified atom stereocenters. The molecule has 1 aromatic heterocycles. The summed E-state index contributed by atoms with van der Waals surface area (Å²) in [5.74, 6) is -0.0481. The van der Waals surface area contributed by atoms with Crippen molar-refractivity contribution in [2.45, 2.75) is 12.8 Å². The number of carboxylic acids is 1. The van der Waals surface area contributed by atoms with Crippen LogP contribution in [0.5, 0.6) is 0 Å². The number of hydrogen-bond acceptors (Lipinski definition) is 4. The molecule has 0 spiro atoms. The molecule has 1 aliphatic rings. The van der Waals surface area contributed by atoms with Crippen LogP contribution in [0, 0.1) is 5.92 Å². The number of carboxylic acid groups (broad SMARTS) is 1. The van der Waals surface area contributed by atoms with Gasteiger partial charge in [-0.3, -0.25) is 4.79 Å². The number of aliphatic carboxylic acids is 1. The molecule has 1 fully saturated rings. The van der Waals surface area contributed by atoms with Gasteiger partial charge in [-0.1, -0.05) is 0 Å². The third-order valence-electron chi connectivity index (χ3n) is 2.73. The molecule has 0 amide bonds. The molecule has 2 rings (SSSR count). The Kier molecular flexibility index (Phi) is 2.80. The van der Waals surface area contributed by atoms with Crippen molar-refractivity contribution in [1.82, 2.24) is 10.2 Å². The van der Waals surface area contributed by atoms with Crippen LogP contribution in [0.2, 0.25) is 0 Å². The van der Waals surface area contributed by atoms with Crippen LogP contribution in [0.4, 0.5) is 5.82 Å². The van der Waals surface area contributed by atoms with E-state index in [1.54, 1.807) is 6.20 Å². The molecule has 80 valence electrons. The van der Waals surface area contributed by atoms with Gasteiger partial charge >= 0.3 is 5.97 Å². The van der Waals surface area contributed by atoms with E-state index in [2.05, 4.69) is 15.1 Å². The van der Waals surface area contributed by atoms with E-state index in [0.29, 0.717) is 12.8 Å². The molecule has 2 heterocycles. The van der Waals surface area contributed by atoms with Crippen molar-refractivity contribution >= 4 is 11.8 Å². The highest BCUT2D eigenvalue weighted by Gasteiger charge is 2.24. The van der Waals surface area contributed by atoms with Gasteiger partial charge in [0.1, 0.15) is 0 Å². The average molecular weight is 207 g/mol. The zero-order chi connectivity index (χ0) is 10.7. The lowest BCUT2D eigenvalue weighted by Crippen LogP contribution is -2.36. The van der Waals surface area contributed by atoms with Crippen LogP contribution in [-0.4, -0.2) is 34.4 Å². The highest BCUT2D eigenvalue weighted by molar-refractivity contribution is 5.70. The summed E-state index contributed by atoms with van der Waals surface area (Å²) in [6.07, 6.45) is 3.01. The van der Waals surface area contributed by atoms with Gasteiger partial charge in [-0.15, -0.1) is 5.10 Å². The quantitative estimate of drug-likeness (QED) is 0.776. The number of anilines is 1. The molecule has 0 radical (unpaired) electrons. The average Bonchev–Trinajstić information content (AvgIpc) is 2.30. The molecule has 0 saturated carbocycles. The van der Waals surface area contributed by atoms with E-state index in [1.807, 2.05) is 12.1 Å². The van der Waals surface area contributed by atoms with Gasteiger partial charge in [-0.25, -0.2) is 0 Å². The predicted octanol–water partition coefficient (Wildman–Crippen LogP) is 0.778. The van der Waals surface area contributed by atoms with Crippen LogP contribution in [0.25, 0.3) is 0 Å². The van der Waals surface area contributed by atoms with E-state index in [4.69, 9.17) is 5.11 Å². The minimum atomic E-state index is -0.686. The Balaban J connectivity index is 1.97. The first-order valence-electron chi connectivity index (χ1n) is 5.03. The van der Waals surface area contributed by atoms with Gasteiger partial charge in [0.2, 0.25) is 0 Å². The normalized spacial score (nSPS) is 17.7. The number of piperidine rings is 1. The molecule has 15 heavy (non-hydrogen) atoms. The standard InChI is InChI=1S/C10H13N3O2/c14-10(15)8-3-6-13(7-4-8)9-2-1-5-11-12-9/h1-2,5,8H,3-4,6-7H2,(H,14,15). The second kappa shape index (κ2) is 4.25. The SMILES string of the molecule is O=C(O)C1CCN(c2cccnn2)CC1. The Hall–Kier alpha value is -1.65. The minimum Gasteiger partial charge on any atom is -0.481 e.